The molecule has 2 N–H and O–H groups in total. The van der Waals surface area contributed by atoms with Crippen LogP contribution in [0.15, 0.2) is 6.07 Å². The SMILES string of the molecule is Cc1cc(C)nc(N(C)SON)n1.S. The molecule has 80 valence electrons. The van der Waals surface area contributed by atoms with Crippen molar-refractivity contribution in [3.05, 3.63) is 17.5 Å². The molecule has 1 aromatic heterocycles. The largest absolute Gasteiger partial charge is 0.263 e. The quantitative estimate of drug-likeness (QED) is 0.480. The van der Waals surface area contributed by atoms with Crippen molar-refractivity contribution in [2.24, 2.45) is 5.90 Å². The summed E-state index contributed by atoms with van der Waals surface area (Å²) >= 11 is 0.988. The Labute approximate surface area is 94.8 Å². The van der Waals surface area contributed by atoms with Crippen LogP contribution in [0.1, 0.15) is 11.4 Å². The Bertz CT molecular complexity index is 277. The van der Waals surface area contributed by atoms with Crippen molar-refractivity contribution in [3.63, 3.8) is 0 Å². The van der Waals surface area contributed by atoms with Crippen LogP contribution in [0.25, 0.3) is 0 Å². The summed E-state index contributed by atoms with van der Waals surface area (Å²) in [5, 5.41) is 0. The van der Waals surface area contributed by atoms with Gasteiger partial charge in [-0.2, -0.15) is 13.5 Å². The van der Waals surface area contributed by atoms with E-state index in [4.69, 9.17) is 5.90 Å². The second kappa shape index (κ2) is 6.07. The predicted molar refractivity (Wildman–Crippen MR) is 63.2 cm³/mol. The summed E-state index contributed by atoms with van der Waals surface area (Å²) in [4.78, 5) is 8.42. The molecule has 0 radical (unpaired) electrons. The van der Waals surface area contributed by atoms with E-state index >= 15 is 0 Å². The van der Waals surface area contributed by atoms with Crippen molar-refractivity contribution in [2.45, 2.75) is 13.8 Å². The lowest BCUT2D eigenvalue weighted by molar-refractivity contribution is 0.397. The smallest absolute Gasteiger partial charge is 0.237 e. The Morgan fingerprint density at radius 2 is 1.86 bits per heavy atom. The molecule has 0 aromatic carbocycles. The van der Waals surface area contributed by atoms with Crippen LogP contribution < -0.4 is 10.2 Å². The Hall–Kier alpha value is -0.500. The molecule has 1 aromatic rings. The highest BCUT2D eigenvalue weighted by Crippen LogP contribution is 2.15. The molecule has 0 aliphatic heterocycles. The molecule has 0 amide bonds. The number of aromatic nitrogens is 2. The molecule has 0 saturated heterocycles. The van der Waals surface area contributed by atoms with E-state index < -0.39 is 0 Å². The minimum absolute atomic E-state index is 0. The van der Waals surface area contributed by atoms with E-state index in [1.807, 2.05) is 19.9 Å². The van der Waals surface area contributed by atoms with Gasteiger partial charge in [0.05, 0.1) is 0 Å². The maximum absolute atomic E-state index is 4.91. The Morgan fingerprint density at radius 3 is 2.29 bits per heavy atom. The van der Waals surface area contributed by atoms with Gasteiger partial charge >= 0.3 is 0 Å². The van der Waals surface area contributed by atoms with Crippen molar-refractivity contribution in [3.8, 4) is 0 Å². The molecule has 0 atom stereocenters. The number of rotatable bonds is 3. The third-order valence-corrected chi connectivity index (χ3v) is 1.88. The molecule has 0 aliphatic carbocycles. The molecule has 0 spiro atoms. The van der Waals surface area contributed by atoms with E-state index in [2.05, 4.69) is 14.3 Å². The number of anilines is 1. The van der Waals surface area contributed by atoms with Crippen LogP contribution in [0.5, 0.6) is 0 Å². The third-order valence-electron chi connectivity index (χ3n) is 1.41. The monoisotopic (exact) mass is 234 g/mol. The van der Waals surface area contributed by atoms with Gasteiger partial charge in [-0.25, -0.2) is 20.1 Å². The number of nitrogens with two attached hydrogens (primary N) is 1. The lowest BCUT2D eigenvalue weighted by atomic mass is 10.4. The van der Waals surface area contributed by atoms with Crippen LogP contribution >= 0.6 is 25.7 Å². The fraction of sp³-hybridized carbons (Fsp3) is 0.429. The lowest BCUT2D eigenvalue weighted by Crippen LogP contribution is -2.13. The first kappa shape index (κ1) is 13.5. The minimum atomic E-state index is 0. The normalized spacial score (nSPS) is 9.43. The zero-order valence-corrected chi connectivity index (χ0v) is 10.1. The third kappa shape index (κ3) is 3.70. The number of aryl methyl sites for hydroxylation is 2. The summed E-state index contributed by atoms with van der Waals surface area (Å²) in [6.45, 7) is 3.83. The maximum Gasteiger partial charge on any atom is 0.237 e. The predicted octanol–water partition coefficient (Wildman–Crippen LogP) is 1.10. The van der Waals surface area contributed by atoms with Crippen LogP contribution in [-0.2, 0) is 4.28 Å². The number of nitrogens with zero attached hydrogens (tertiary/aromatic N) is 3. The molecule has 0 fully saturated rings. The summed E-state index contributed by atoms with van der Waals surface area (Å²) in [7, 11) is 1.78. The van der Waals surface area contributed by atoms with Gasteiger partial charge in [0.1, 0.15) is 12.2 Å². The Balaban J connectivity index is 0.00000169. The van der Waals surface area contributed by atoms with Gasteiger partial charge in [-0.3, -0.25) is 4.31 Å². The van der Waals surface area contributed by atoms with Crippen LogP contribution in [0.3, 0.4) is 0 Å². The first-order valence-corrected chi connectivity index (χ1v) is 4.43. The first-order chi connectivity index (χ1) is 6.13. The average Bonchev–Trinajstić information content (AvgIpc) is 2.03. The zero-order valence-electron chi connectivity index (χ0n) is 8.31. The molecule has 7 heteroatoms. The van der Waals surface area contributed by atoms with Gasteiger partial charge < -0.3 is 0 Å². The fourth-order valence-corrected chi connectivity index (χ4v) is 1.22. The molecular formula is C7H14N4OS2. The van der Waals surface area contributed by atoms with Gasteiger partial charge in [0, 0.05) is 18.4 Å². The summed E-state index contributed by atoms with van der Waals surface area (Å²) in [5.74, 6) is 5.50. The molecule has 1 rings (SSSR count). The van der Waals surface area contributed by atoms with Gasteiger partial charge in [-0.1, -0.05) is 0 Å². The molecule has 5 nitrogen and oxygen atoms in total. The van der Waals surface area contributed by atoms with E-state index in [1.54, 1.807) is 11.4 Å². The van der Waals surface area contributed by atoms with Crippen molar-refractivity contribution < 1.29 is 4.28 Å². The molecule has 0 aliphatic rings. The summed E-state index contributed by atoms with van der Waals surface area (Å²) < 4.78 is 6.05. The Kier molecular flexibility index (Phi) is 5.86. The molecule has 0 unspecified atom stereocenters. The van der Waals surface area contributed by atoms with E-state index in [0.717, 1.165) is 23.6 Å². The van der Waals surface area contributed by atoms with Crippen LogP contribution in [0.2, 0.25) is 0 Å². The van der Waals surface area contributed by atoms with Gasteiger partial charge in [0.2, 0.25) is 5.95 Å². The summed E-state index contributed by atoms with van der Waals surface area (Å²) in [5.41, 5.74) is 1.85. The standard InChI is InChI=1S/C7H12N4OS.H2S/c1-5-4-6(2)10-7(9-5)11(3)13-12-8;/h4H,8H2,1-3H3;1H2. The van der Waals surface area contributed by atoms with Crippen molar-refractivity contribution in [2.75, 3.05) is 11.4 Å². The lowest BCUT2D eigenvalue weighted by Gasteiger charge is -2.13. The Morgan fingerprint density at radius 1 is 1.36 bits per heavy atom. The molecular weight excluding hydrogens is 220 g/mol. The van der Waals surface area contributed by atoms with E-state index in [1.165, 1.54) is 0 Å². The topological polar surface area (TPSA) is 64.3 Å². The second-order valence-electron chi connectivity index (χ2n) is 2.62. The van der Waals surface area contributed by atoms with Crippen LogP contribution in [0, 0.1) is 13.8 Å². The highest BCUT2D eigenvalue weighted by atomic mass is 32.2. The van der Waals surface area contributed by atoms with Crippen molar-refractivity contribution >= 4 is 31.7 Å². The maximum atomic E-state index is 4.91. The van der Waals surface area contributed by atoms with Gasteiger partial charge in [0.15, 0.2) is 0 Å². The van der Waals surface area contributed by atoms with Crippen LogP contribution in [0.4, 0.5) is 5.95 Å². The second-order valence-corrected chi connectivity index (χ2v) is 3.51. The van der Waals surface area contributed by atoms with Crippen molar-refractivity contribution in [1.29, 1.82) is 0 Å². The van der Waals surface area contributed by atoms with E-state index in [-0.39, 0.29) is 13.5 Å². The zero-order chi connectivity index (χ0) is 9.84. The number of hydrogen-bond donors (Lipinski definition) is 1. The fourth-order valence-electron chi connectivity index (χ4n) is 0.946. The van der Waals surface area contributed by atoms with Gasteiger partial charge in [-0.15, -0.1) is 0 Å². The van der Waals surface area contributed by atoms with Gasteiger partial charge in [-0.05, 0) is 19.9 Å². The van der Waals surface area contributed by atoms with Crippen LogP contribution in [-0.4, -0.2) is 17.0 Å². The van der Waals surface area contributed by atoms with E-state index in [0.29, 0.717) is 5.95 Å². The summed E-state index contributed by atoms with van der Waals surface area (Å²) in [6.07, 6.45) is 0. The van der Waals surface area contributed by atoms with Crippen molar-refractivity contribution in [1.82, 2.24) is 9.97 Å². The highest BCUT2D eigenvalue weighted by Gasteiger charge is 2.06. The molecule has 0 bridgehead atoms. The highest BCUT2D eigenvalue weighted by molar-refractivity contribution is 7.95. The van der Waals surface area contributed by atoms with Gasteiger partial charge in [0.25, 0.3) is 0 Å². The molecule has 1 heterocycles. The number of hydrogen-bond acceptors (Lipinski definition) is 6. The molecule has 0 saturated carbocycles. The summed E-state index contributed by atoms with van der Waals surface area (Å²) in [6, 6.07) is 1.91. The van der Waals surface area contributed by atoms with E-state index in [9.17, 15) is 0 Å². The molecule has 14 heavy (non-hydrogen) atoms. The first-order valence-electron chi connectivity index (χ1n) is 3.73. The minimum Gasteiger partial charge on any atom is -0.263 e. The average molecular weight is 234 g/mol.